The monoisotopic (exact) mass is 244 g/mol. The van der Waals surface area contributed by atoms with Crippen LogP contribution in [0, 0.1) is 0 Å². The maximum Gasteiger partial charge on any atom is 0.306 e. The van der Waals surface area contributed by atoms with E-state index in [4.69, 9.17) is 4.74 Å². The predicted octanol–water partition coefficient (Wildman–Crippen LogP) is 3.62. The Kier molecular flexibility index (Phi) is 4.57. The van der Waals surface area contributed by atoms with Crippen molar-refractivity contribution in [3.05, 3.63) is 48.0 Å². The molecule has 0 aliphatic heterocycles. The van der Waals surface area contributed by atoms with Crippen LogP contribution in [0.4, 0.5) is 0 Å². The normalized spacial score (nSPS) is 17.2. The summed E-state index contributed by atoms with van der Waals surface area (Å²) in [7, 11) is 0. The second kappa shape index (κ2) is 6.39. The number of allylic oxidation sites excluding steroid dienone is 1. The zero-order chi connectivity index (χ0) is 12.8. The number of fused-ring (bicyclic) bond motifs is 1. The van der Waals surface area contributed by atoms with Gasteiger partial charge in [-0.05, 0) is 42.7 Å². The van der Waals surface area contributed by atoms with Crippen molar-refractivity contribution in [2.24, 2.45) is 0 Å². The molecule has 0 amide bonds. The third-order valence-electron chi connectivity index (χ3n) is 3.49. The van der Waals surface area contributed by atoms with Gasteiger partial charge in [-0.15, -0.1) is 6.58 Å². The van der Waals surface area contributed by atoms with Crippen LogP contribution in [0.15, 0.2) is 36.9 Å². The van der Waals surface area contributed by atoms with E-state index < -0.39 is 0 Å². The molecule has 2 nitrogen and oxygen atoms in total. The largest absolute Gasteiger partial charge is 0.466 e. The minimum absolute atomic E-state index is 0.0687. The Morgan fingerprint density at radius 1 is 1.44 bits per heavy atom. The number of hydrogen-bond acceptors (Lipinski definition) is 2. The van der Waals surface area contributed by atoms with E-state index in [0.29, 0.717) is 18.9 Å². The highest BCUT2D eigenvalue weighted by atomic mass is 16.5. The van der Waals surface area contributed by atoms with Crippen molar-refractivity contribution < 1.29 is 9.53 Å². The van der Waals surface area contributed by atoms with Gasteiger partial charge in [0.15, 0.2) is 0 Å². The van der Waals surface area contributed by atoms with Gasteiger partial charge in [-0.25, -0.2) is 0 Å². The second-order valence-corrected chi connectivity index (χ2v) is 4.79. The number of carbonyl (C=O) groups is 1. The molecule has 0 saturated carbocycles. The minimum atomic E-state index is -0.0687. The van der Waals surface area contributed by atoms with Crippen LogP contribution in [0.25, 0.3) is 0 Å². The number of unbranched alkanes of at least 4 members (excludes halogenated alkanes) is 1. The standard InChI is InChI=1S/C16H20O2/c1-2-3-6-11-18-16(17)12-14-10-9-13-7-4-5-8-15(13)14/h2,4-5,7-8,14H,1,3,6,9-12H2. The van der Waals surface area contributed by atoms with Gasteiger partial charge in [0.2, 0.25) is 0 Å². The van der Waals surface area contributed by atoms with Gasteiger partial charge in [0.25, 0.3) is 0 Å². The average molecular weight is 244 g/mol. The number of benzene rings is 1. The number of carbonyl (C=O) groups excluding carboxylic acids is 1. The Balaban J connectivity index is 1.80. The molecule has 1 aromatic rings. The van der Waals surface area contributed by atoms with Crippen LogP contribution in [-0.4, -0.2) is 12.6 Å². The van der Waals surface area contributed by atoms with Crippen LogP contribution in [-0.2, 0) is 16.0 Å². The molecule has 0 fully saturated rings. The first kappa shape index (κ1) is 12.9. The van der Waals surface area contributed by atoms with Crippen molar-refractivity contribution in [1.82, 2.24) is 0 Å². The van der Waals surface area contributed by atoms with Crippen LogP contribution >= 0.6 is 0 Å². The lowest BCUT2D eigenvalue weighted by Gasteiger charge is -2.11. The fourth-order valence-corrected chi connectivity index (χ4v) is 2.53. The summed E-state index contributed by atoms with van der Waals surface area (Å²) in [4.78, 5) is 11.7. The molecule has 1 atom stereocenters. The predicted molar refractivity (Wildman–Crippen MR) is 72.5 cm³/mol. The zero-order valence-electron chi connectivity index (χ0n) is 10.7. The fourth-order valence-electron chi connectivity index (χ4n) is 2.53. The van der Waals surface area contributed by atoms with Gasteiger partial charge in [0, 0.05) is 0 Å². The van der Waals surface area contributed by atoms with Gasteiger partial charge in [-0.1, -0.05) is 30.3 Å². The number of aryl methyl sites for hydroxylation is 1. The zero-order valence-corrected chi connectivity index (χ0v) is 10.7. The number of hydrogen-bond donors (Lipinski definition) is 0. The SMILES string of the molecule is C=CCCCOC(=O)CC1CCc2ccccc21. The number of rotatable bonds is 6. The first-order chi connectivity index (χ1) is 8.81. The van der Waals surface area contributed by atoms with Crippen LogP contribution in [0.1, 0.15) is 42.7 Å². The average Bonchev–Trinajstić information content (AvgIpc) is 2.78. The molecule has 1 aromatic carbocycles. The van der Waals surface area contributed by atoms with E-state index >= 15 is 0 Å². The molecule has 0 heterocycles. The molecule has 0 saturated heterocycles. The van der Waals surface area contributed by atoms with Crippen molar-refractivity contribution in [2.75, 3.05) is 6.61 Å². The molecule has 2 rings (SSSR count). The van der Waals surface area contributed by atoms with Gasteiger partial charge in [-0.2, -0.15) is 0 Å². The van der Waals surface area contributed by atoms with E-state index in [0.717, 1.165) is 25.7 Å². The summed E-state index contributed by atoms with van der Waals surface area (Å²) in [6.07, 6.45) is 6.30. The van der Waals surface area contributed by atoms with Gasteiger partial charge >= 0.3 is 5.97 Å². The molecule has 1 unspecified atom stereocenters. The van der Waals surface area contributed by atoms with Crippen LogP contribution in [0.5, 0.6) is 0 Å². The number of ether oxygens (including phenoxy) is 1. The topological polar surface area (TPSA) is 26.3 Å². The molecule has 1 aliphatic rings. The van der Waals surface area contributed by atoms with Crippen LogP contribution < -0.4 is 0 Å². The summed E-state index contributed by atoms with van der Waals surface area (Å²) in [6, 6.07) is 8.41. The summed E-state index contributed by atoms with van der Waals surface area (Å²) in [5.41, 5.74) is 2.72. The van der Waals surface area contributed by atoms with E-state index in [-0.39, 0.29) is 5.97 Å². The Morgan fingerprint density at radius 3 is 3.11 bits per heavy atom. The molecule has 0 spiro atoms. The van der Waals surface area contributed by atoms with Crippen molar-refractivity contribution in [3.8, 4) is 0 Å². The third-order valence-corrected chi connectivity index (χ3v) is 3.49. The fraction of sp³-hybridized carbons (Fsp3) is 0.438. The molecule has 2 heteroatoms. The Morgan fingerprint density at radius 2 is 2.28 bits per heavy atom. The lowest BCUT2D eigenvalue weighted by molar-refractivity contribution is -0.144. The first-order valence-electron chi connectivity index (χ1n) is 6.65. The smallest absolute Gasteiger partial charge is 0.306 e. The molecule has 18 heavy (non-hydrogen) atoms. The maximum atomic E-state index is 11.7. The molecule has 96 valence electrons. The second-order valence-electron chi connectivity index (χ2n) is 4.79. The van der Waals surface area contributed by atoms with Crippen molar-refractivity contribution in [3.63, 3.8) is 0 Å². The summed E-state index contributed by atoms with van der Waals surface area (Å²) < 4.78 is 5.23. The van der Waals surface area contributed by atoms with E-state index in [1.165, 1.54) is 11.1 Å². The summed E-state index contributed by atoms with van der Waals surface area (Å²) >= 11 is 0. The number of esters is 1. The molecule has 0 aromatic heterocycles. The van der Waals surface area contributed by atoms with Crippen molar-refractivity contribution in [1.29, 1.82) is 0 Å². The lowest BCUT2D eigenvalue weighted by atomic mass is 9.98. The van der Waals surface area contributed by atoms with Crippen LogP contribution in [0.2, 0.25) is 0 Å². The Bertz CT molecular complexity index is 423. The molecule has 0 N–H and O–H groups in total. The molecular formula is C16H20O2. The lowest BCUT2D eigenvalue weighted by Crippen LogP contribution is -2.09. The maximum absolute atomic E-state index is 11.7. The molecule has 1 aliphatic carbocycles. The third kappa shape index (κ3) is 3.22. The summed E-state index contributed by atoms with van der Waals surface area (Å²) in [5.74, 6) is 0.286. The van der Waals surface area contributed by atoms with E-state index in [1.54, 1.807) is 0 Å². The van der Waals surface area contributed by atoms with E-state index in [1.807, 2.05) is 12.1 Å². The van der Waals surface area contributed by atoms with Gasteiger partial charge in [-0.3, -0.25) is 4.79 Å². The molecule has 0 bridgehead atoms. The van der Waals surface area contributed by atoms with Gasteiger partial charge in [0.05, 0.1) is 13.0 Å². The Hall–Kier alpha value is -1.57. The highest BCUT2D eigenvalue weighted by Gasteiger charge is 2.24. The Labute approximate surface area is 109 Å². The summed E-state index contributed by atoms with van der Waals surface area (Å²) in [5, 5.41) is 0. The molecule has 0 radical (unpaired) electrons. The highest BCUT2D eigenvalue weighted by molar-refractivity contribution is 5.71. The summed E-state index contributed by atoms with van der Waals surface area (Å²) in [6.45, 7) is 4.16. The van der Waals surface area contributed by atoms with Crippen LogP contribution in [0.3, 0.4) is 0 Å². The van der Waals surface area contributed by atoms with Crippen molar-refractivity contribution >= 4 is 5.97 Å². The highest BCUT2D eigenvalue weighted by Crippen LogP contribution is 2.35. The molecular weight excluding hydrogens is 224 g/mol. The van der Waals surface area contributed by atoms with Crippen molar-refractivity contribution in [2.45, 2.75) is 38.0 Å². The quantitative estimate of drug-likeness (QED) is 0.434. The van der Waals surface area contributed by atoms with E-state index in [9.17, 15) is 4.79 Å². The van der Waals surface area contributed by atoms with Gasteiger partial charge < -0.3 is 4.74 Å². The van der Waals surface area contributed by atoms with Gasteiger partial charge in [0.1, 0.15) is 0 Å². The minimum Gasteiger partial charge on any atom is -0.466 e. The first-order valence-corrected chi connectivity index (χ1v) is 6.65. The van der Waals surface area contributed by atoms with E-state index in [2.05, 4.69) is 24.8 Å².